The Morgan fingerprint density at radius 3 is 2.84 bits per heavy atom. The van der Waals surface area contributed by atoms with Crippen LogP contribution in [0.3, 0.4) is 0 Å². The molecule has 1 aromatic heterocycles. The Balaban J connectivity index is 1.17. The second-order valence-electron chi connectivity index (χ2n) is 7.97. The van der Waals surface area contributed by atoms with E-state index < -0.39 is 0 Å². The standard InChI is InChI=1S/C20H28N4O/c1-2-5-19-18(4-1)21-20(25-19)23-9-3-8-22(10-12-23)11-13-24-15-16-6-7-17(24)14-16/h1-2,4-5,16-17H,3,6-15H2/t16-,17+/m0/s1. The molecule has 1 aromatic carbocycles. The molecule has 0 spiro atoms. The first-order chi connectivity index (χ1) is 12.3. The molecule has 2 saturated heterocycles. The summed E-state index contributed by atoms with van der Waals surface area (Å²) in [5, 5.41) is 0. The molecule has 2 bridgehead atoms. The van der Waals surface area contributed by atoms with E-state index in [4.69, 9.17) is 4.42 Å². The summed E-state index contributed by atoms with van der Waals surface area (Å²) in [6.45, 7) is 8.18. The summed E-state index contributed by atoms with van der Waals surface area (Å²) in [5.41, 5.74) is 1.85. The molecule has 0 unspecified atom stereocenters. The highest BCUT2D eigenvalue weighted by atomic mass is 16.4. The van der Waals surface area contributed by atoms with E-state index in [9.17, 15) is 0 Å². The molecule has 5 nitrogen and oxygen atoms in total. The minimum Gasteiger partial charge on any atom is -0.423 e. The van der Waals surface area contributed by atoms with Crippen molar-refractivity contribution in [2.75, 3.05) is 50.7 Å². The summed E-state index contributed by atoms with van der Waals surface area (Å²) in [7, 11) is 0. The maximum absolute atomic E-state index is 5.96. The van der Waals surface area contributed by atoms with Gasteiger partial charge in [0.05, 0.1) is 0 Å². The van der Waals surface area contributed by atoms with E-state index in [1.54, 1.807) is 0 Å². The SMILES string of the molecule is c1ccc2oc(N3CCCN(CCN4C[C@H]5CC[C@@H]4C5)CC3)nc2c1. The Hall–Kier alpha value is -1.59. The van der Waals surface area contributed by atoms with E-state index in [0.717, 1.165) is 48.7 Å². The smallest absolute Gasteiger partial charge is 0.298 e. The van der Waals surface area contributed by atoms with E-state index in [0.29, 0.717) is 0 Å². The average molecular weight is 340 g/mol. The van der Waals surface area contributed by atoms with Gasteiger partial charge in [-0.2, -0.15) is 4.98 Å². The fraction of sp³-hybridized carbons (Fsp3) is 0.650. The Bertz CT molecular complexity index is 696. The van der Waals surface area contributed by atoms with E-state index in [1.807, 2.05) is 24.3 Å². The number of nitrogens with zero attached hydrogens (tertiary/aromatic N) is 4. The van der Waals surface area contributed by atoms with Crippen LogP contribution in [-0.4, -0.2) is 66.6 Å². The minimum atomic E-state index is 0.792. The van der Waals surface area contributed by atoms with Crippen molar-refractivity contribution in [3.05, 3.63) is 24.3 Å². The van der Waals surface area contributed by atoms with Crippen molar-refractivity contribution in [2.24, 2.45) is 5.92 Å². The maximum Gasteiger partial charge on any atom is 0.298 e. The highest BCUT2D eigenvalue weighted by Gasteiger charge is 2.37. The van der Waals surface area contributed by atoms with Gasteiger partial charge < -0.3 is 14.2 Å². The molecule has 2 aromatic rings. The van der Waals surface area contributed by atoms with Gasteiger partial charge in [0.1, 0.15) is 5.52 Å². The first-order valence-corrected chi connectivity index (χ1v) is 9.92. The number of benzene rings is 1. The summed E-state index contributed by atoms with van der Waals surface area (Å²) in [6.07, 6.45) is 5.57. The maximum atomic E-state index is 5.96. The zero-order valence-electron chi connectivity index (χ0n) is 14.9. The highest BCUT2D eigenvalue weighted by Crippen LogP contribution is 2.37. The molecular weight excluding hydrogens is 312 g/mol. The Morgan fingerprint density at radius 1 is 1.04 bits per heavy atom. The molecule has 3 fully saturated rings. The van der Waals surface area contributed by atoms with Gasteiger partial charge in [-0.3, -0.25) is 4.90 Å². The van der Waals surface area contributed by atoms with Crippen molar-refractivity contribution in [1.82, 2.24) is 14.8 Å². The molecule has 25 heavy (non-hydrogen) atoms. The van der Waals surface area contributed by atoms with Crippen LogP contribution in [0.25, 0.3) is 11.1 Å². The second-order valence-corrected chi connectivity index (χ2v) is 7.97. The zero-order chi connectivity index (χ0) is 16.6. The van der Waals surface area contributed by atoms with E-state index in [-0.39, 0.29) is 0 Å². The van der Waals surface area contributed by atoms with Gasteiger partial charge in [-0.25, -0.2) is 0 Å². The third-order valence-corrected chi connectivity index (χ3v) is 6.37. The molecule has 5 heteroatoms. The number of piperidine rings is 1. The van der Waals surface area contributed by atoms with Gasteiger partial charge in [-0.1, -0.05) is 12.1 Å². The summed E-state index contributed by atoms with van der Waals surface area (Å²) in [5.74, 6) is 1.00. The first-order valence-electron chi connectivity index (χ1n) is 9.92. The van der Waals surface area contributed by atoms with Crippen LogP contribution in [0.5, 0.6) is 0 Å². The third kappa shape index (κ3) is 3.15. The molecule has 2 atom stereocenters. The number of para-hydroxylation sites is 2. The molecule has 3 aliphatic rings. The van der Waals surface area contributed by atoms with Gasteiger partial charge in [-0.15, -0.1) is 0 Å². The lowest BCUT2D eigenvalue weighted by Crippen LogP contribution is -2.40. The molecule has 1 aliphatic carbocycles. The van der Waals surface area contributed by atoms with Crippen LogP contribution < -0.4 is 4.90 Å². The van der Waals surface area contributed by atoms with Crippen molar-refractivity contribution in [3.8, 4) is 0 Å². The number of hydrogen-bond acceptors (Lipinski definition) is 5. The normalized spacial score (nSPS) is 28.1. The first kappa shape index (κ1) is 15.6. The lowest BCUT2D eigenvalue weighted by Gasteiger charge is -2.29. The summed E-state index contributed by atoms with van der Waals surface area (Å²) >= 11 is 0. The fourth-order valence-corrected chi connectivity index (χ4v) is 4.95. The van der Waals surface area contributed by atoms with E-state index in [2.05, 4.69) is 19.7 Å². The van der Waals surface area contributed by atoms with Gasteiger partial charge in [0, 0.05) is 45.3 Å². The summed E-state index contributed by atoms with van der Waals surface area (Å²) < 4.78 is 5.96. The zero-order valence-corrected chi connectivity index (χ0v) is 14.9. The Kier molecular flexibility index (Phi) is 4.14. The Labute approximate surface area is 149 Å². The molecule has 0 amide bonds. The van der Waals surface area contributed by atoms with Crippen LogP contribution in [0.1, 0.15) is 25.7 Å². The van der Waals surface area contributed by atoms with Crippen molar-refractivity contribution in [3.63, 3.8) is 0 Å². The molecule has 0 radical (unpaired) electrons. The second kappa shape index (κ2) is 6.61. The van der Waals surface area contributed by atoms with Crippen molar-refractivity contribution in [1.29, 1.82) is 0 Å². The quantitative estimate of drug-likeness (QED) is 0.855. The number of fused-ring (bicyclic) bond motifs is 3. The molecule has 0 N–H and O–H groups in total. The van der Waals surface area contributed by atoms with Gasteiger partial charge in [0.2, 0.25) is 0 Å². The van der Waals surface area contributed by atoms with Gasteiger partial charge in [-0.05, 0) is 50.3 Å². The number of rotatable bonds is 4. The van der Waals surface area contributed by atoms with Crippen LogP contribution in [-0.2, 0) is 0 Å². The number of oxazole rings is 1. The van der Waals surface area contributed by atoms with Gasteiger partial charge >= 0.3 is 0 Å². The number of anilines is 1. The van der Waals surface area contributed by atoms with Crippen LogP contribution in [0.4, 0.5) is 6.01 Å². The molecule has 134 valence electrons. The molecule has 1 saturated carbocycles. The molecule has 5 rings (SSSR count). The van der Waals surface area contributed by atoms with Crippen molar-refractivity contribution in [2.45, 2.75) is 31.7 Å². The van der Waals surface area contributed by atoms with Gasteiger partial charge in [0.15, 0.2) is 5.58 Å². The van der Waals surface area contributed by atoms with Crippen molar-refractivity contribution < 1.29 is 4.42 Å². The molecule has 2 aliphatic heterocycles. The lowest BCUT2D eigenvalue weighted by atomic mass is 10.1. The van der Waals surface area contributed by atoms with Gasteiger partial charge in [0.25, 0.3) is 6.01 Å². The highest BCUT2D eigenvalue weighted by molar-refractivity contribution is 5.74. The van der Waals surface area contributed by atoms with E-state index >= 15 is 0 Å². The van der Waals surface area contributed by atoms with Crippen molar-refractivity contribution >= 4 is 17.1 Å². The lowest BCUT2D eigenvalue weighted by molar-refractivity contribution is 0.175. The van der Waals surface area contributed by atoms with E-state index in [1.165, 1.54) is 51.9 Å². The van der Waals surface area contributed by atoms with Crippen LogP contribution >= 0.6 is 0 Å². The Morgan fingerprint density at radius 2 is 2.00 bits per heavy atom. The molecule has 3 heterocycles. The fourth-order valence-electron chi connectivity index (χ4n) is 4.95. The predicted molar refractivity (Wildman–Crippen MR) is 100.0 cm³/mol. The van der Waals surface area contributed by atoms with Crippen LogP contribution in [0, 0.1) is 5.92 Å². The minimum absolute atomic E-state index is 0.792. The number of hydrogen-bond donors (Lipinski definition) is 0. The average Bonchev–Trinajstić information content (AvgIpc) is 3.32. The third-order valence-electron chi connectivity index (χ3n) is 6.37. The van der Waals surface area contributed by atoms with Crippen LogP contribution in [0.15, 0.2) is 28.7 Å². The topological polar surface area (TPSA) is 35.8 Å². The summed E-state index contributed by atoms with van der Waals surface area (Å²) in [4.78, 5) is 12.4. The van der Waals surface area contributed by atoms with Crippen LogP contribution in [0.2, 0.25) is 0 Å². The largest absolute Gasteiger partial charge is 0.423 e. The predicted octanol–water partition coefficient (Wildman–Crippen LogP) is 2.82. The monoisotopic (exact) mass is 340 g/mol. The number of likely N-dealkylation sites (tertiary alicyclic amines) is 1. The number of aromatic nitrogens is 1. The molecular formula is C20H28N4O. The summed E-state index contributed by atoms with van der Waals surface area (Å²) in [6, 6.07) is 9.74.